The van der Waals surface area contributed by atoms with Crippen molar-refractivity contribution in [3.05, 3.63) is 29.7 Å². The molecule has 0 aliphatic carbocycles. The van der Waals surface area contributed by atoms with Crippen LogP contribution in [0.25, 0.3) is 10.9 Å². The molecule has 0 atom stereocenters. The van der Waals surface area contributed by atoms with Crippen molar-refractivity contribution >= 4 is 20.9 Å². The van der Waals surface area contributed by atoms with Crippen molar-refractivity contribution in [2.45, 2.75) is 37.6 Å². The van der Waals surface area contributed by atoms with Crippen LogP contribution in [0.3, 0.4) is 0 Å². The first-order valence-electron chi connectivity index (χ1n) is 6.67. The van der Waals surface area contributed by atoms with Gasteiger partial charge in [-0.3, -0.25) is 0 Å². The highest BCUT2D eigenvalue weighted by Gasteiger charge is 2.25. The Morgan fingerprint density at radius 2 is 1.95 bits per heavy atom. The van der Waals surface area contributed by atoms with Gasteiger partial charge < -0.3 is 10.7 Å². The van der Waals surface area contributed by atoms with Gasteiger partial charge in [0, 0.05) is 22.1 Å². The van der Waals surface area contributed by atoms with Crippen LogP contribution in [0, 0.1) is 5.82 Å². The number of benzene rings is 1. The minimum Gasteiger partial charge on any atom is -0.358 e. The molecule has 0 radical (unpaired) electrons. The van der Waals surface area contributed by atoms with E-state index >= 15 is 0 Å². The number of hydrogen-bond donors (Lipinski definition) is 3. The van der Waals surface area contributed by atoms with Gasteiger partial charge in [0.15, 0.2) is 0 Å². The predicted octanol–water partition coefficient (Wildman–Crippen LogP) is 1.88. The molecule has 1 aromatic heterocycles. The smallest absolute Gasteiger partial charge is 0.244 e. The first-order valence-corrected chi connectivity index (χ1v) is 8.16. The Morgan fingerprint density at radius 1 is 1.29 bits per heavy atom. The van der Waals surface area contributed by atoms with E-state index < -0.39 is 21.4 Å². The summed E-state index contributed by atoms with van der Waals surface area (Å²) in [6, 6.07) is 4.32. The molecule has 116 valence electrons. The fourth-order valence-corrected chi connectivity index (χ4v) is 3.65. The van der Waals surface area contributed by atoms with Gasteiger partial charge in [-0.2, -0.15) is 0 Å². The van der Waals surface area contributed by atoms with Crippen LogP contribution in [0.15, 0.2) is 23.1 Å². The fraction of sp³-hybridized carbons (Fsp3) is 0.429. The Morgan fingerprint density at radius 3 is 2.52 bits per heavy atom. The molecule has 0 bridgehead atoms. The summed E-state index contributed by atoms with van der Waals surface area (Å²) in [6.07, 6.45) is 0.624. The molecule has 0 aliphatic heterocycles. The Labute approximate surface area is 123 Å². The summed E-state index contributed by atoms with van der Waals surface area (Å²) in [6.45, 7) is 5.57. The van der Waals surface area contributed by atoms with Crippen LogP contribution in [0.1, 0.15) is 26.5 Å². The third-order valence-electron chi connectivity index (χ3n) is 2.87. The van der Waals surface area contributed by atoms with Gasteiger partial charge in [-0.1, -0.05) is 0 Å². The van der Waals surface area contributed by atoms with Gasteiger partial charge in [-0.15, -0.1) is 0 Å². The van der Waals surface area contributed by atoms with Gasteiger partial charge in [0.2, 0.25) is 10.0 Å². The Balaban J connectivity index is 2.52. The maximum Gasteiger partial charge on any atom is 0.244 e. The quantitative estimate of drug-likeness (QED) is 0.805. The van der Waals surface area contributed by atoms with Crippen molar-refractivity contribution in [1.82, 2.24) is 9.71 Å². The van der Waals surface area contributed by atoms with E-state index in [-0.39, 0.29) is 4.90 Å². The molecule has 1 heterocycles. The highest BCUT2D eigenvalue weighted by molar-refractivity contribution is 7.89. The number of aromatic amines is 1. The average molecular weight is 313 g/mol. The zero-order valence-electron chi connectivity index (χ0n) is 12.3. The van der Waals surface area contributed by atoms with Crippen molar-refractivity contribution in [3.8, 4) is 0 Å². The second-order valence-corrected chi connectivity index (χ2v) is 7.71. The molecule has 2 aromatic rings. The zero-order valence-corrected chi connectivity index (χ0v) is 13.1. The minimum atomic E-state index is -3.91. The van der Waals surface area contributed by atoms with Gasteiger partial charge in [0.05, 0.1) is 0 Å². The molecule has 7 heteroatoms. The van der Waals surface area contributed by atoms with Gasteiger partial charge in [-0.25, -0.2) is 17.5 Å². The average Bonchev–Trinajstić information content (AvgIpc) is 2.66. The van der Waals surface area contributed by atoms with Gasteiger partial charge in [-0.05, 0) is 51.9 Å². The van der Waals surface area contributed by atoms with Gasteiger partial charge >= 0.3 is 0 Å². The Kier molecular flexibility index (Phi) is 4.10. The molecule has 4 N–H and O–H groups in total. The van der Waals surface area contributed by atoms with E-state index in [1.54, 1.807) is 26.8 Å². The lowest BCUT2D eigenvalue weighted by Gasteiger charge is -2.20. The molecule has 0 unspecified atom stereocenters. The lowest BCUT2D eigenvalue weighted by molar-refractivity contribution is 0.486. The monoisotopic (exact) mass is 313 g/mol. The highest BCUT2D eigenvalue weighted by atomic mass is 32.2. The van der Waals surface area contributed by atoms with Crippen molar-refractivity contribution in [2.75, 3.05) is 6.54 Å². The molecule has 0 fully saturated rings. The molecule has 0 spiro atoms. The van der Waals surface area contributed by atoms with Crippen molar-refractivity contribution in [2.24, 2.45) is 5.73 Å². The van der Waals surface area contributed by atoms with E-state index in [9.17, 15) is 12.8 Å². The van der Waals surface area contributed by atoms with E-state index in [0.717, 1.165) is 5.69 Å². The van der Waals surface area contributed by atoms with E-state index in [1.165, 1.54) is 12.1 Å². The third kappa shape index (κ3) is 3.61. The van der Waals surface area contributed by atoms with Crippen LogP contribution < -0.4 is 10.5 Å². The SMILES string of the molecule is CC(C)(C)NS(=O)(=O)c1cc2[nH]c(CCN)cc2cc1F. The standard InChI is InChI=1S/C14H20FN3O2S/c1-14(2,3)18-21(19,20)13-8-12-9(7-11(13)15)6-10(17-12)4-5-16/h6-8,17-18H,4-5,16H2,1-3H3. The van der Waals surface area contributed by atoms with Crippen molar-refractivity contribution in [3.63, 3.8) is 0 Å². The fourth-order valence-electron chi connectivity index (χ4n) is 2.15. The summed E-state index contributed by atoms with van der Waals surface area (Å²) in [5.41, 5.74) is 6.23. The zero-order chi connectivity index (χ0) is 15.8. The molecule has 0 saturated heterocycles. The number of fused-ring (bicyclic) bond motifs is 1. The third-order valence-corrected chi connectivity index (χ3v) is 4.65. The minimum absolute atomic E-state index is 0.355. The molecule has 0 saturated carbocycles. The molecule has 0 amide bonds. The summed E-state index contributed by atoms with van der Waals surface area (Å²) in [7, 11) is -3.91. The van der Waals surface area contributed by atoms with E-state index in [1.807, 2.05) is 0 Å². The summed E-state index contributed by atoms with van der Waals surface area (Å²) in [4.78, 5) is 2.70. The van der Waals surface area contributed by atoms with Crippen LogP contribution >= 0.6 is 0 Å². The summed E-state index contributed by atoms with van der Waals surface area (Å²) >= 11 is 0. The first-order chi connectivity index (χ1) is 9.62. The first kappa shape index (κ1) is 15.9. The van der Waals surface area contributed by atoms with Crippen LogP contribution in [-0.4, -0.2) is 25.5 Å². The summed E-state index contributed by atoms with van der Waals surface area (Å²) < 4.78 is 41.1. The predicted molar refractivity (Wildman–Crippen MR) is 81.1 cm³/mol. The number of sulfonamides is 1. The van der Waals surface area contributed by atoms with Crippen LogP contribution in [-0.2, 0) is 16.4 Å². The lowest BCUT2D eigenvalue weighted by Crippen LogP contribution is -2.40. The van der Waals surface area contributed by atoms with Gasteiger partial charge in [0.1, 0.15) is 10.7 Å². The number of nitrogens with one attached hydrogen (secondary N) is 2. The number of hydrogen-bond acceptors (Lipinski definition) is 3. The number of H-pyrrole nitrogens is 1. The molecular weight excluding hydrogens is 293 g/mol. The Hall–Kier alpha value is -1.44. The molecule has 0 aliphatic rings. The number of aromatic nitrogens is 1. The van der Waals surface area contributed by atoms with E-state index in [0.29, 0.717) is 23.9 Å². The molecule has 2 rings (SSSR count). The van der Waals surface area contributed by atoms with Crippen LogP contribution in [0.4, 0.5) is 4.39 Å². The maximum atomic E-state index is 14.1. The second kappa shape index (κ2) is 5.40. The summed E-state index contributed by atoms with van der Waals surface area (Å²) in [5.74, 6) is -0.766. The number of rotatable bonds is 4. The molecule has 5 nitrogen and oxygen atoms in total. The molecule has 1 aromatic carbocycles. The normalized spacial score (nSPS) is 13.0. The van der Waals surface area contributed by atoms with Crippen LogP contribution in [0.2, 0.25) is 0 Å². The largest absolute Gasteiger partial charge is 0.358 e. The van der Waals surface area contributed by atoms with E-state index in [2.05, 4.69) is 9.71 Å². The number of halogens is 1. The topological polar surface area (TPSA) is 88.0 Å². The number of nitrogens with two attached hydrogens (primary N) is 1. The molecular formula is C14H20FN3O2S. The summed E-state index contributed by atoms with van der Waals surface area (Å²) in [5, 5.41) is 0.630. The van der Waals surface area contributed by atoms with Crippen LogP contribution in [0.5, 0.6) is 0 Å². The van der Waals surface area contributed by atoms with Crippen molar-refractivity contribution in [1.29, 1.82) is 0 Å². The van der Waals surface area contributed by atoms with E-state index in [4.69, 9.17) is 5.73 Å². The van der Waals surface area contributed by atoms with Crippen molar-refractivity contribution < 1.29 is 12.8 Å². The van der Waals surface area contributed by atoms with Gasteiger partial charge in [0.25, 0.3) is 0 Å². The molecule has 21 heavy (non-hydrogen) atoms. The maximum absolute atomic E-state index is 14.1. The lowest BCUT2D eigenvalue weighted by atomic mass is 10.1. The Bertz CT molecular complexity index is 760. The second-order valence-electron chi connectivity index (χ2n) is 6.06. The highest BCUT2D eigenvalue weighted by Crippen LogP contribution is 2.24.